The molecule has 2 aromatic rings. The first-order valence-corrected chi connectivity index (χ1v) is 8.65. The first-order chi connectivity index (χ1) is 11.0. The van der Waals surface area contributed by atoms with E-state index in [0.717, 1.165) is 16.1 Å². The van der Waals surface area contributed by atoms with Gasteiger partial charge < -0.3 is 5.32 Å². The van der Waals surface area contributed by atoms with E-state index < -0.39 is 0 Å². The number of hydrogen-bond donors (Lipinski definition) is 1. The predicted molar refractivity (Wildman–Crippen MR) is 94.6 cm³/mol. The number of carbonyl (C=O) groups is 1. The number of likely N-dealkylation sites (N-methyl/N-ethyl adjacent to an activating group) is 1. The number of para-hydroxylation sites is 1. The highest BCUT2D eigenvalue weighted by atomic mass is 35.5. The van der Waals surface area contributed by atoms with Crippen LogP contribution < -0.4 is 5.32 Å². The Balaban J connectivity index is 1.94. The zero-order chi connectivity index (χ0) is 16.8. The summed E-state index contributed by atoms with van der Waals surface area (Å²) in [7, 11) is 1.82. The van der Waals surface area contributed by atoms with Crippen molar-refractivity contribution in [2.24, 2.45) is 0 Å². The lowest BCUT2D eigenvalue weighted by Gasteiger charge is -2.18. The molecule has 122 valence electrons. The van der Waals surface area contributed by atoms with E-state index in [4.69, 9.17) is 11.6 Å². The van der Waals surface area contributed by atoms with Gasteiger partial charge >= 0.3 is 0 Å². The molecular formula is C17H18ClFN2OS. The lowest BCUT2D eigenvalue weighted by Crippen LogP contribution is -2.30. The fraction of sp³-hybridized carbons (Fsp3) is 0.235. The normalized spacial score (nSPS) is 10.8. The van der Waals surface area contributed by atoms with E-state index >= 15 is 0 Å². The monoisotopic (exact) mass is 352 g/mol. The average Bonchev–Trinajstić information content (AvgIpc) is 2.50. The highest BCUT2D eigenvalue weighted by Crippen LogP contribution is 2.24. The summed E-state index contributed by atoms with van der Waals surface area (Å²) in [5.41, 5.74) is 1.59. The first-order valence-electron chi connectivity index (χ1n) is 7.05. The summed E-state index contributed by atoms with van der Waals surface area (Å²) in [6.07, 6.45) is 1.97. The van der Waals surface area contributed by atoms with E-state index in [2.05, 4.69) is 5.32 Å². The summed E-state index contributed by atoms with van der Waals surface area (Å²) in [4.78, 5) is 15.0. The number of carbonyl (C=O) groups excluding carboxylic acids is 1. The molecule has 0 aliphatic heterocycles. The number of thioether (sulfide) groups is 1. The van der Waals surface area contributed by atoms with Gasteiger partial charge in [0.25, 0.3) is 0 Å². The van der Waals surface area contributed by atoms with Crippen LogP contribution in [-0.4, -0.2) is 30.7 Å². The van der Waals surface area contributed by atoms with Crippen LogP contribution in [0.15, 0.2) is 47.4 Å². The molecule has 2 aromatic carbocycles. The van der Waals surface area contributed by atoms with Gasteiger partial charge in [0.05, 0.1) is 12.2 Å². The molecule has 1 amide bonds. The Kier molecular flexibility index (Phi) is 6.45. The molecule has 0 aliphatic rings. The molecule has 0 saturated carbocycles. The molecular weight excluding hydrogens is 335 g/mol. The summed E-state index contributed by atoms with van der Waals surface area (Å²) in [5.74, 6) is -0.472. The van der Waals surface area contributed by atoms with E-state index in [9.17, 15) is 9.18 Å². The number of halogens is 2. The molecule has 23 heavy (non-hydrogen) atoms. The Bertz CT molecular complexity index is 696. The Morgan fingerprint density at radius 3 is 2.74 bits per heavy atom. The van der Waals surface area contributed by atoms with Gasteiger partial charge in [-0.15, -0.1) is 11.8 Å². The second kappa shape index (κ2) is 8.34. The molecule has 0 atom stereocenters. The Labute approximate surface area is 144 Å². The molecule has 6 heteroatoms. The molecule has 0 spiro atoms. The fourth-order valence-electron chi connectivity index (χ4n) is 2.18. The molecule has 0 saturated heterocycles. The van der Waals surface area contributed by atoms with Gasteiger partial charge in [0.15, 0.2) is 0 Å². The number of nitrogens with zero attached hydrogens (tertiary/aromatic N) is 1. The van der Waals surface area contributed by atoms with Gasteiger partial charge in [0.1, 0.15) is 5.82 Å². The standard InChI is InChI=1S/C17H18ClFN2OS/c1-21(10-12-7-8-13(19)9-14(12)18)11-17(22)20-15-5-3-4-6-16(15)23-2/h3-9H,10-11H2,1-2H3,(H,20,22). The third kappa shape index (κ3) is 5.23. The third-order valence-corrected chi connectivity index (χ3v) is 4.40. The summed E-state index contributed by atoms with van der Waals surface area (Å²) in [6, 6.07) is 11.9. The minimum absolute atomic E-state index is 0.104. The van der Waals surface area contributed by atoms with Crippen molar-refractivity contribution in [3.63, 3.8) is 0 Å². The SMILES string of the molecule is CSc1ccccc1NC(=O)CN(C)Cc1ccc(F)cc1Cl. The highest BCUT2D eigenvalue weighted by Gasteiger charge is 2.11. The maximum atomic E-state index is 13.0. The summed E-state index contributed by atoms with van der Waals surface area (Å²) < 4.78 is 13.0. The van der Waals surface area contributed by atoms with Crippen LogP contribution in [0.5, 0.6) is 0 Å². The number of anilines is 1. The molecule has 0 unspecified atom stereocenters. The number of nitrogens with one attached hydrogen (secondary N) is 1. The molecule has 0 fully saturated rings. The molecule has 2 rings (SSSR count). The van der Waals surface area contributed by atoms with Crippen LogP contribution in [0.1, 0.15) is 5.56 Å². The van der Waals surface area contributed by atoms with Crippen LogP contribution in [0.25, 0.3) is 0 Å². The van der Waals surface area contributed by atoms with Crippen molar-refractivity contribution in [3.8, 4) is 0 Å². The zero-order valence-electron chi connectivity index (χ0n) is 13.0. The first kappa shape index (κ1) is 17.8. The van der Waals surface area contributed by atoms with Crippen molar-refractivity contribution in [1.29, 1.82) is 0 Å². The van der Waals surface area contributed by atoms with Crippen LogP contribution in [0.2, 0.25) is 5.02 Å². The number of amides is 1. The Morgan fingerprint density at radius 1 is 1.30 bits per heavy atom. The fourth-order valence-corrected chi connectivity index (χ4v) is 2.96. The molecule has 0 aliphatic carbocycles. The third-order valence-electron chi connectivity index (χ3n) is 3.25. The Morgan fingerprint density at radius 2 is 2.04 bits per heavy atom. The van der Waals surface area contributed by atoms with Crippen molar-refractivity contribution in [1.82, 2.24) is 4.90 Å². The van der Waals surface area contributed by atoms with E-state index in [-0.39, 0.29) is 18.3 Å². The molecule has 0 bridgehead atoms. The van der Waals surface area contributed by atoms with Crippen LogP contribution in [0, 0.1) is 5.82 Å². The Hall–Kier alpha value is -1.56. The lowest BCUT2D eigenvalue weighted by atomic mass is 10.2. The van der Waals surface area contributed by atoms with Gasteiger partial charge in [-0.25, -0.2) is 4.39 Å². The van der Waals surface area contributed by atoms with Crippen LogP contribution in [-0.2, 0) is 11.3 Å². The summed E-state index contributed by atoms with van der Waals surface area (Å²) >= 11 is 7.59. The van der Waals surface area contributed by atoms with Gasteiger partial charge in [-0.1, -0.05) is 29.8 Å². The second-order valence-electron chi connectivity index (χ2n) is 5.16. The molecule has 0 radical (unpaired) electrons. The smallest absolute Gasteiger partial charge is 0.238 e. The lowest BCUT2D eigenvalue weighted by molar-refractivity contribution is -0.117. The maximum Gasteiger partial charge on any atom is 0.238 e. The van der Waals surface area contributed by atoms with E-state index in [0.29, 0.717) is 11.6 Å². The minimum atomic E-state index is -0.368. The zero-order valence-corrected chi connectivity index (χ0v) is 14.5. The van der Waals surface area contributed by atoms with Crippen molar-refractivity contribution in [2.45, 2.75) is 11.4 Å². The van der Waals surface area contributed by atoms with E-state index in [1.165, 1.54) is 12.1 Å². The second-order valence-corrected chi connectivity index (χ2v) is 6.41. The van der Waals surface area contributed by atoms with Crippen LogP contribution >= 0.6 is 23.4 Å². The largest absolute Gasteiger partial charge is 0.324 e. The van der Waals surface area contributed by atoms with Crippen LogP contribution in [0.3, 0.4) is 0 Å². The molecule has 0 heterocycles. The minimum Gasteiger partial charge on any atom is -0.324 e. The summed E-state index contributed by atoms with van der Waals surface area (Å²) in [5, 5.41) is 3.27. The number of hydrogen-bond acceptors (Lipinski definition) is 3. The molecule has 1 N–H and O–H groups in total. The van der Waals surface area contributed by atoms with Gasteiger partial charge in [0, 0.05) is 16.5 Å². The molecule has 0 aromatic heterocycles. The number of benzene rings is 2. The van der Waals surface area contributed by atoms with E-state index in [1.54, 1.807) is 17.8 Å². The summed E-state index contributed by atoms with van der Waals surface area (Å²) in [6.45, 7) is 0.688. The van der Waals surface area contributed by atoms with Crippen molar-refractivity contribution in [3.05, 3.63) is 58.9 Å². The topological polar surface area (TPSA) is 32.3 Å². The number of rotatable bonds is 6. The van der Waals surface area contributed by atoms with Crippen molar-refractivity contribution in [2.75, 3.05) is 25.2 Å². The maximum absolute atomic E-state index is 13.0. The predicted octanol–water partition coefficient (Wildman–Crippen LogP) is 4.27. The van der Waals surface area contributed by atoms with Crippen molar-refractivity contribution < 1.29 is 9.18 Å². The quantitative estimate of drug-likeness (QED) is 0.788. The van der Waals surface area contributed by atoms with Gasteiger partial charge in [0.2, 0.25) is 5.91 Å². The average molecular weight is 353 g/mol. The highest BCUT2D eigenvalue weighted by molar-refractivity contribution is 7.98. The van der Waals surface area contributed by atoms with Gasteiger partial charge in [-0.05, 0) is 43.1 Å². The van der Waals surface area contributed by atoms with Gasteiger partial charge in [-0.2, -0.15) is 0 Å². The van der Waals surface area contributed by atoms with Crippen LogP contribution in [0.4, 0.5) is 10.1 Å². The van der Waals surface area contributed by atoms with Gasteiger partial charge in [-0.3, -0.25) is 9.69 Å². The molecule has 3 nitrogen and oxygen atoms in total. The van der Waals surface area contributed by atoms with E-state index in [1.807, 2.05) is 42.5 Å². The van der Waals surface area contributed by atoms with Crippen molar-refractivity contribution >= 4 is 35.0 Å².